The van der Waals surface area contributed by atoms with Gasteiger partial charge in [0.25, 0.3) is 5.91 Å². The molecule has 4 heteroatoms. The predicted molar refractivity (Wildman–Crippen MR) is 97.5 cm³/mol. The van der Waals surface area contributed by atoms with Crippen LogP contribution in [0, 0.1) is 5.92 Å². The van der Waals surface area contributed by atoms with Gasteiger partial charge in [0, 0.05) is 12.3 Å². The Morgan fingerprint density at radius 2 is 2.04 bits per heavy atom. The second kappa shape index (κ2) is 9.07. The molecule has 0 aliphatic heterocycles. The largest absolute Gasteiger partial charge is 0.494 e. The van der Waals surface area contributed by atoms with Gasteiger partial charge in [-0.05, 0) is 62.8 Å². The average molecular weight is 333 g/mol. The van der Waals surface area contributed by atoms with Crippen molar-refractivity contribution in [2.45, 2.75) is 64.9 Å². The second-order valence-electron chi connectivity index (χ2n) is 6.81. The van der Waals surface area contributed by atoms with Gasteiger partial charge in [-0.25, -0.2) is 0 Å². The summed E-state index contributed by atoms with van der Waals surface area (Å²) in [5.74, 6) is 1.34. The smallest absolute Gasteiger partial charge is 0.256 e. The Morgan fingerprint density at radius 3 is 2.67 bits per heavy atom. The van der Waals surface area contributed by atoms with Crippen molar-refractivity contribution in [3.63, 3.8) is 0 Å². The fourth-order valence-corrected chi connectivity index (χ4v) is 3.40. The van der Waals surface area contributed by atoms with Crippen molar-refractivity contribution in [3.8, 4) is 5.75 Å². The third kappa shape index (κ3) is 4.97. The Hall–Kier alpha value is -1.55. The molecule has 4 nitrogen and oxygen atoms in total. The molecule has 0 heterocycles. The number of amides is 1. The van der Waals surface area contributed by atoms with Crippen LogP contribution in [-0.2, 0) is 9.53 Å². The van der Waals surface area contributed by atoms with Gasteiger partial charge in [-0.2, -0.15) is 0 Å². The number of benzene rings is 1. The van der Waals surface area contributed by atoms with Crippen LogP contribution in [0.5, 0.6) is 5.75 Å². The lowest BCUT2D eigenvalue weighted by Crippen LogP contribution is -2.48. The Labute approximate surface area is 145 Å². The normalized spacial score (nSPS) is 23.7. The zero-order valence-corrected chi connectivity index (χ0v) is 15.3. The van der Waals surface area contributed by atoms with Gasteiger partial charge in [0.05, 0.1) is 6.61 Å². The molecule has 1 saturated carbocycles. The van der Waals surface area contributed by atoms with E-state index in [2.05, 4.69) is 19.2 Å². The monoisotopic (exact) mass is 333 g/mol. The lowest BCUT2D eigenvalue weighted by Gasteiger charge is -2.38. The third-order valence-electron chi connectivity index (χ3n) is 4.67. The van der Waals surface area contributed by atoms with Crippen molar-refractivity contribution in [2.24, 2.45) is 5.92 Å². The molecule has 0 spiro atoms. The SMILES string of the molecule is CCCCOc1ccc(NC(=O)[C@]2(OCC)CCC[C@@H](C)C2)cc1. The fourth-order valence-electron chi connectivity index (χ4n) is 3.40. The van der Waals surface area contributed by atoms with Crippen LogP contribution in [0.3, 0.4) is 0 Å². The molecule has 0 radical (unpaired) electrons. The molecule has 0 unspecified atom stereocenters. The van der Waals surface area contributed by atoms with Crippen molar-refractivity contribution >= 4 is 11.6 Å². The summed E-state index contributed by atoms with van der Waals surface area (Å²) in [6, 6.07) is 7.60. The van der Waals surface area contributed by atoms with Crippen LogP contribution >= 0.6 is 0 Å². The zero-order chi connectivity index (χ0) is 17.4. The first-order valence-electron chi connectivity index (χ1n) is 9.28. The molecule has 134 valence electrons. The number of anilines is 1. The van der Waals surface area contributed by atoms with E-state index in [0.29, 0.717) is 12.5 Å². The summed E-state index contributed by atoms with van der Waals surface area (Å²) in [6.45, 7) is 7.58. The average Bonchev–Trinajstić information content (AvgIpc) is 2.57. The highest BCUT2D eigenvalue weighted by Crippen LogP contribution is 2.36. The molecule has 2 atom stereocenters. The molecule has 24 heavy (non-hydrogen) atoms. The molecular weight excluding hydrogens is 302 g/mol. The van der Waals surface area contributed by atoms with Gasteiger partial charge in [0.1, 0.15) is 11.4 Å². The van der Waals surface area contributed by atoms with Crippen molar-refractivity contribution < 1.29 is 14.3 Å². The van der Waals surface area contributed by atoms with Crippen LogP contribution in [-0.4, -0.2) is 24.7 Å². The highest BCUT2D eigenvalue weighted by molar-refractivity contribution is 5.97. The van der Waals surface area contributed by atoms with E-state index < -0.39 is 5.60 Å². The highest BCUT2D eigenvalue weighted by Gasteiger charge is 2.42. The van der Waals surface area contributed by atoms with Crippen LogP contribution in [0.15, 0.2) is 24.3 Å². The molecular formula is C20H31NO3. The maximum atomic E-state index is 12.9. The molecule has 1 aliphatic carbocycles. The zero-order valence-electron chi connectivity index (χ0n) is 15.3. The predicted octanol–water partition coefficient (Wildman–Crippen LogP) is 4.79. The first-order chi connectivity index (χ1) is 11.6. The molecule has 1 fully saturated rings. The number of hydrogen-bond acceptors (Lipinski definition) is 3. The van der Waals surface area contributed by atoms with Crippen LogP contribution in [0.4, 0.5) is 5.69 Å². The lowest BCUT2D eigenvalue weighted by molar-refractivity contribution is -0.147. The number of hydrogen-bond donors (Lipinski definition) is 1. The van der Waals surface area contributed by atoms with Gasteiger partial charge >= 0.3 is 0 Å². The summed E-state index contributed by atoms with van der Waals surface area (Å²) in [4.78, 5) is 12.9. The summed E-state index contributed by atoms with van der Waals surface area (Å²) in [5, 5.41) is 3.03. The quantitative estimate of drug-likeness (QED) is 0.696. The maximum absolute atomic E-state index is 12.9. The molecule has 1 aromatic rings. The summed E-state index contributed by atoms with van der Waals surface area (Å²) in [7, 11) is 0. The summed E-state index contributed by atoms with van der Waals surface area (Å²) in [6.07, 6.45) is 5.98. The minimum Gasteiger partial charge on any atom is -0.494 e. The van der Waals surface area contributed by atoms with Gasteiger partial charge in [0.15, 0.2) is 0 Å². The third-order valence-corrected chi connectivity index (χ3v) is 4.67. The molecule has 1 aromatic carbocycles. The van der Waals surface area contributed by atoms with Gasteiger partial charge in [-0.15, -0.1) is 0 Å². The molecule has 1 amide bonds. The van der Waals surface area contributed by atoms with E-state index in [0.717, 1.165) is 50.1 Å². The number of carbonyl (C=O) groups is 1. The van der Waals surface area contributed by atoms with E-state index in [4.69, 9.17) is 9.47 Å². The molecule has 1 N–H and O–H groups in total. The van der Waals surface area contributed by atoms with Gasteiger partial charge in [-0.1, -0.05) is 26.7 Å². The van der Waals surface area contributed by atoms with E-state index >= 15 is 0 Å². The first kappa shape index (κ1) is 18.8. The lowest BCUT2D eigenvalue weighted by atomic mass is 9.78. The van der Waals surface area contributed by atoms with E-state index in [1.165, 1.54) is 6.42 Å². The Balaban J connectivity index is 1.98. The molecule has 0 aromatic heterocycles. The van der Waals surface area contributed by atoms with Crippen molar-refractivity contribution in [3.05, 3.63) is 24.3 Å². The summed E-state index contributed by atoms with van der Waals surface area (Å²) >= 11 is 0. The number of nitrogens with one attached hydrogen (secondary N) is 1. The first-order valence-corrected chi connectivity index (χ1v) is 9.28. The minimum absolute atomic E-state index is 0.0180. The van der Waals surface area contributed by atoms with Gasteiger partial charge in [0.2, 0.25) is 0 Å². The molecule has 0 bridgehead atoms. The van der Waals surface area contributed by atoms with Crippen molar-refractivity contribution in [2.75, 3.05) is 18.5 Å². The van der Waals surface area contributed by atoms with Gasteiger partial charge in [-0.3, -0.25) is 4.79 Å². The van der Waals surface area contributed by atoms with E-state index in [-0.39, 0.29) is 5.91 Å². The van der Waals surface area contributed by atoms with Crippen LogP contribution in [0.2, 0.25) is 0 Å². The van der Waals surface area contributed by atoms with Crippen molar-refractivity contribution in [1.29, 1.82) is 0 Å². The molecule has 0 saturated heterocycles. The topological polar surface area (TPSA) is 47.6 Å². The second-order valence-corrected chi connectivity index (χ2v) is 6.81. The van der Waals surface area contributed by atoms with E-state index in [9.17, 15) is 4.79 Å². The van der Waals surface area contributed by atoms with Gasteiger partial charge < -0.3 is 14.8 Å². The Morgan fingerprint density at radius 1 is 1.29 bits per heavy atom. The van der Waals surface area contributed by atoms with Crippen LogP contribution < -0.4 is 10.1 Å². The highest BCUT2D eigenvalue weighted by atomic mass is 16.5. The number of unbranched alkanes of at least 4 members (excludes halogenated alkanes) is 1. The standard InChI is InChI=1S/C20H31NO3/c1-4-6-14-23-18-11-9-17(10-12-18)21-19(22)20(24-5-2)13-7-8-16(3)15-20/h9-12,16H,4-8,13-15H2,1-3H3,(H,21,22)/t16-,20+/m1/s1. The Bertz CT molecular complexity index is 510. The molecule has 1 aliphatic rings. The van der Waals surface area contributed by atoms with E-state index in [1.54, 1.807) is 0 Å². The van der Waals surface area contributed by atoms with Crippen LogP contribution in [0.1, 0.15) is 59.3 Å². The number of ether oxygens (including phenoxy) is 2. The summed E-state index contributed by atoms with van der Waals surface area (Å²) < 4.78 is 11.6. The molecule has 2 rings (SSSR count). The minimum atomic E-state index is -0.678. The Kier molecular flexibility index (Phi) is 7.10. The summed E-state index contributed by atoms with van der Waals surface area (Å²) in [5.41, 5.74) is 0.114. The maximum Gasteiger partial charge on any atom is 0.256 e. The number of carbonyl (C=O) groups excluding carboxylic acids is 1. The van der Waals surface area contributed by atoms with Crippen molar-refractivity contribution in [1.82, 2.24) is 0 Å². The van der Waals surface area contributed by atoms with Crippen LogP contribution in [0.25, 0.3) is 0 Å². The van der Waals surface area contributed by atoms with E-state index in [1.807, 2.05) is 31.2 Å². The fraction of sp³-hybridized carbons (Fsp3) is 0.650. The number of rotatable bonds is 8.